The van der Waals surface area contributed by atoms with Crippen LogP contribution in [0.25, 0.3) is 0 Å². The zero-order valence-corrected chi connectivity index (χ0v) is 16.0. The number of hydrogen-bond donors (Lipinski definition) is 2. The summed E-state index contributed by atoms with van der Waals surface area (Å²) in [7, 11) is 0. The van der Waals surface area contributed by atoms with Crippen LogP contribution in [0.5, 0.6) is 0 Å². The van der Waals surface area contributed by atoms with Crippen LogP contribution < -0.4 is 10.6 Å². The molecule has 0 spiro atoms. The number of benzene rings is 1. The Bertz CT molecular complexity index is 664. The van der Waals surface area contributed by atoms with E-state index in [1.54, 1.807) is 6.92 Å². The third kappa shape index (κ3) is 3.33. The van der Waals surface area contributed by atoms with Gasteiger partial charge in [-0.3, -0.25) is 4.79 Å². The molecular formula is C21H28N2OS. The number of ketones is 1. The van der Waals surface area contributed by atoms with Gasteiger partial charge in [-0.1, -0.05) is 12.1 Å². The van der Waals surface area contributed by atoms with Crippen LogP contribution in [0.4, 0.5) is 5.69 Å². The van der Waals surface area contributed by atoms with Crippen molar-refractivity contribution < 1.29 is 4.79 Å². The Hall–Kier alpha value is -1.42. The van der Waals surface area contributed by atoms with Crippen LogP contribution in [0.3, 0.4) is 0 Å². The lowest BCUT2D eigenvalue weighted by Gasteiger charge is -2.59. The molecular weight excluding hydrogens is 328 g/mol. The summed E-state index contributed by atoms with van der Waals surface area (Å²) in [5.41, 5.74) is 2.02. The molecule has 0 radical (unpaired) electrons. The van der Waals surface area contributed by atoms with Gasteiger partial charge in [-0.25, -0.2) is 0 Å². The summed E-state index contributed by atoms with van der Waals surface area (Å²) >= 11 is 5.57. The quantitative estimate of drug-likeness (QED) is 0.602. The van der Waals surface area contributed by atoms with Gasteiger partial charge in [0.05, 0.1) is 0 Å². The van der Waals surface area contributed by atoms with Crippen molar-refractivity contribution >= 4 is 28.8 Å². The van der Waals surface area contributed by atoms with E-state index in [0.29, 0.717) is 22.1 Å². The van der Waals surface area contributed by atoms with Gasteiger partial charge in [-0.05, 0) is 99.9 Å². The minimum absolute atomic E-state index is 0.0736. The highest BCUT2D eigenvalue weighted by Gasteiger charge is 2.53. The molecule has 1 aromatic carbocycles. The predicted molar refractivity (Wildman–Crippen MR) is 106 cm³/mol. The largest absolute Gasteiger partial charge is 0.359 e. The Balaban J connectivity index is 1.41. The lowest BCUT2D eigenvalue weighted by molar-refractivity contribution is -0.0671. The molecule has 4 fully saturated rings. The highest BCUT2D eigenvalue weighted by atomic mass is 32.1. The molecule has 0 heterocycles. The lowest BCUT2D eigenvalue weighted by Crippen LogP contribution is -2.56. The van der Waals surface area contributed by atoms with Crippen molar-refractivity contribution in [3.63, 3.8) is 0 Å². The summed E-state index contributed by atoms with van der Waals surface area (Å²) in [6.07, 6.45) is 8.51. The van der Waals surface area contributed by atoms with Gasteiger partial charge in [-0.2, -0.15) is 0 Å². The number of carbonyl (C=O) groups is 1. The van der Waals surface area contributed by atoms with Gasteiger partial charge in [0.25, 0.3) is 0 Å². The fraction of sp³-hybridized carbons (Fsp3) is 0.619. The summed E-state index contributed by atoms with van der Waals surface area (Å²) in [5.74, 6) is 2.92. The molecule has 134 valence electrons. The SMILES string of the molecule is CC(=O)c1cccc(NC(=S)NC(C)C23CC4CC(CC(C4)C2)C3)c1. The standard InChI is InChI=1S/C21H28N2OS/c1-13(24)18-4-3-5-19(9-18)23-20(25)22-14(2)21-10-15-6-16(11-21)8-17(7-15)12-21/h3-5,9,14-17H,6-8,10-12H2,1-2H3,(H2,22,23,25). The van der Waals surface area contributed by atoms with Gasteiger partial charge in [0.2, 0.25) is 0 Å². The third-order valence-corrected chi connectivity index (χ3v) is 7.10. The van der Waals surface area contributed by atoms with Crippen LogP contribution >= 0.6 is 12.2 Å². The second-order valence-corrected chi connectivity index (χ2v) is 9.15. The average molecular weight is 357 g/mol. The second kappa shape index (κ2) is 6.39. The van der Waals surface area contributed by atoms with Crippen LogP contribution in [-0.4, -0.2) is 16.9 Å². The average Bonchev–Trinajstić information content (AvgIpc) is 2.53. The van der Waals surface area contributed by atoms with E-state index >= 15 is 0 Å². The number of thiocarbonyl (C=S) groups is 1. The van der Waals surface area contributed by atoms with Gasteiger partial charge in [0.1, 0.15) is 0 Å². The zero-order chi connectivity index (χ0) is 17.6. The molecule has 3 nitrogen and oxygen atoms in total. The minimum Gasteiger partial charge on any atom is -0.359 e. The van der Waals surface area contributed by atoms with Crippen molar-refractivity contribution in [2.45, 2.75) is 58.4 Å². The second-order valence-electron chi connectivity index (χ2n) is 8.74. The first-order valence-corrected chi connectivity index (χ1v) is 10.0. The molecule has 0 amide bonds. The Morgan fingerprint density at radius 2 is 1.76 bits per heavy atom. The van der Waals surface area contributed by atoms with Crippen LogP contribution in [0.15, 0.2) is 24.3 Å². The Labute approximate surface area is 156 Å². The number of nitrogens with one attached hydrogen (secondary N) is 2. The van der Waals surface area contributed by atoms with E-state index in [4.69, 9.17) is 12.2 Å². The maximum atomic E-state index is 11.5. The lowest BCUT2D eigenvalue weighted by atomic mass is 9.48. The molecule has 1 aromatic rings. The van der Waals surface area contributed by atoms with Crippen molar-refractivity contribution in [3.8, 4) is 0 Å². The first-order valence-electron chi connectivity index (χ1n) is 9.62. The molecule has 2 N–H and O–H groups in total. The van der Waals surface area contributed by atoms with Crippen molar-refractivity contribution in [3.05, 3.63) is 29.8 Å². The number of hydrogen-bond acceptors (Lipinski definition) is 2. The molecule has 4 aliphatic rings. The molecule has 4 heteroatoms. The van der Waals surface area contributed by atoms with Crippen LogP contribution in [0, 0.1) is 23.2 Å². The molecule has 25 heavy (non-hydrogen) atoms. The maximum absolute atomic E-state index is 11.5. The molecule has 1 unspecified atom stereocenters. The number of rotatable bonds is 4. The Kier molecular flexibility index (Phi) is 4.35. The predicted octanol–water partition coefficient (Wildman–Crippen LogP) is 4.78. The van der Waals surface area contributed by atoms with E-state index in [1.165, 1.54) is 38.5 Å². The molecule has 4 saturated carbocycles. The topological polar surface area (TPSA) is 41.1 Å². The fourth-order valence-corrected chi connectivity index (χ4v) is 6.34. The smallest absolute Gasteiger partial charge is 0.171 e. The monoisotopic (exact) mass is 356 g/mol. The van der Waals surface area contributed by atoms with Crippen LogP contribution in [0.1, 0.15) is 62.7 Å². The summed E-state index contributed by atoms with van der Waals surface area (Å²) in [5, 5.41) is 7.51. The van der Waals surface area contributed by atoms with Crippen molar-refractivity contribution in [2.75, 3.05) is 5.32 Å². The van der Waals surface area contributed by atoms with Gasteiger partial charge < -0.3 is 10.6 Å². The van der Waals surface area contributed by atoms with E-state index in [-0.39, 0.29) is 5.78 Å². The van der Waals surface area contributed by atoms with E-state index in [1.807, 2.05) is 24.3 Å². The van der Waals surface area contributed by atoms with E-state index in [0.717, 1.165) is 23.4 Å². The minimum atomic E-state index is 0.0736. The van der Waals surface area contributed by atoms with Crippen molar-refractivity contribution in [1.29, 1.82) is 0 Å². The number of anilines is 1. The molecule has 1 atom stereocenters. The summed E-state index contributed by atoms with van der Waals surface area (Å²) in [6, 6.07) is 7.95. The molecule has 5 rings (SSSR count). The third-order valence-electron chi connectivity index (χ3n) is 6.88. The zero-order valence-electron chi connectivity index (χ0n) is 15.2. The van der Waals surface area contributed by atoms with E-state index < -0.39 is 0 Å². The molecule has 0 saturated heterocycles. The van der Waals surface area contributed by atoms with Crippen LogP contribution in [-0.2, 0) is 0 Å². The van der Waals surface area contributed by atoms with Crippen molar-refractivity contribution in [2.24, 2.45) is 23.2 Å². The van der Waals surface area contributed by atoms with E-state index in [9.17, 15) is 4.79 Å². The summed E-state index contributed by atoms with van der Waals surface area (Å²) in [4.78, 5) is 11.5. The molecule has 4 bridgehead atoms. The Morgan fingerprint density at radius 1 is 1.16 bits per heavy atom. The maximum Gasteiger partial charge on any atom is 0.171 e. The first kappa shape index (κ1) is 17.0. The number of carbonyl (C=O) groups excluding carboxylic acids is 1. The molecule has 0 aliphatic heterocycles. The van der Waals surface area contributed by atoms with Crippen molar-refractivity contribution in [1.82, 2.24) is 5.32 Å². The number of Topliss-reactive ketones (excluding diaryl/α,β-unsaturated/α-hetero) is 1. The van der Waals surface area contributed by atoms with E-state index in [2.05, 4.69) is 17.6 Å². The Morgan fingerprint density at radius 3 is 2.32 bits per heavy atom. The van der Waals surface area contributed by atoms with Crippen LogP contribution in [0.2, 0.25) is 0 Å². The first-order chi connectivity index (χ1) is 11.9. The molecule has 0 aromatic heterocycles. The molecule has 4 aliphatic carbocycles. The summed E-state index contributed by atoms with van der Waals surface area (Å²) < 4.78 is 0. The van der Waals surface area contributed by atoms with Gasteiger partial charge in [0.15, 0.2) is 10.9 Å². The summed E-state index contributed by atoms with van der Waals surface area (Å²) in [6.45, 7) is 3.90. The van der Waals surface area contributed by atoms with Gasteiger partial charge >= 0.3 is 0 Å². The fourth-order valence-electron chi connectivity index (χ4n) is 6.04. The highest BCUT2D eigenvalue weighted by Crippen LogP contribution is 2.61. The van der Waals surface area contributed by atoms with Gasteiger partial charge in [-0.15, -0.1) is 0 Å². The normalized spacial score (nSPS) is 33.8. The van der Waals surface area contributed by atoms with Gasteiger partial charge in [0, 0.05) is 17.3 Å². The highest BCUT2D eigenvalue weighted by molar-refractivity contribution is 7.80.